The maximum absolute atomic E-state index is 11.7. The number of carboxylic acids is 1. The molecule has 0 aromatic carbocycles. The maximum Gasteiger partial charge on any atom is 0.329 e. The lowest BCUT2D eigenvalue weighted by atomic mass is 9.96. The van der Waals surface area contributed by atoms with Crippen molar-refractivity contribution < 1.29 is 18.9 Å². The van der Waals surface area contributed by atoms with Crippen molar-refractivity contribution >= 4 is 22.8 Å². The number of carboxylic acid groups (broad SMARTS) is 1. The molecule has 0 aliphatic rings. The summed E-state index contributed by atoms with van der Waals surface area (Å²) in [6.45, 7) is 5.15. The van der Waals surface area contributed by atoms with Crippen LogP contribution in [0.4, 0.5) is 4.79 Å². The molecule has 0 aliphatic heterocycles. The Labute approximate surface area is 116 Å². The van der Waals surface area contributed by atoms with Crippen LogP contribution in [0.15, 0.2) is 0 Å². The number of hydrogen-bond donors (Lipinski definition) is 3. The molecule has 0 saturated heterocycles. The minimum atomic E-state index is -1.26. The molecular formula is C12H24N2O4S. The Morgan fingerprint density at radius 2 is 2.00 bits per heavy atom. The van der Waals surface area contributed by atoms with Gasteiger partial charge in [0.25, 0.3) is 0 Å². The van der Waals surface area contributed by atoms with Gasteiger partial charge in [-0.25, -0.2) is 9.59 Å². The standard InChI is InChI=1S/C12H24N2O4S/c1-5-7-12(3,10(15)16)14-11(17)13-9(2)6-8-19(4)18/h9H,5-8H2,1-4H3,(H,15,16)(H2,13,14,17). The third kappa shape index (κ3) is 7.15. The number of hydrogen-bond acceptors (Lipinski definition) is 3. The van der Waals surface area contributed by atoms with Crippen molar-refractivity contribution in [2.45, 2.75) is 51.6 Å². The average Bonchev–Trinajstić information content (AvgIpc) is 2.26. The summed E-state index contributed by atoms with van der Waals surface area (Å²) in [5, 5.41) is 14.3. The van der Waals surface area contributed by atoms with Crippen LogP contribution >= 0.6 is 0 Å². The number of urea groups is 1. The highest BCUT2D eigenvalue weighted by atomic mass is 32.2. The minimum Gasteiger partial charge on any atom is -0.480 e. The van der Waals surface area contributed by atoms with Crippen molar-refractivity contribution in [1.82, 2.24) is 10.6 Å². The SMILES string of the molecule is CCCC(C)(NC(=O)NC(C)CCS(C)=O)C(=O)O. The van der Waals surface area contributed by atoms with Crippen LogP contribution in [0.1, 0.15) is 40.0 Å². The summed E-state index contributed by atoms with van der Waals surface area (Å²) < 4.78 is 10.9. The molecule has 2 amide bonds. The van der Waals surface area contributed by atoms with Crippen LogP contribution in [0, 0.1) is 0 Å². The fraction of sp³-hybridized carbons (Fsp3) is 0.833. The molecule has 3 N–H and O–H groups in total. The Morgan fingerprint density at radius 1 is 1.42 bits per heavy atom. The molecule has 0 spiro atoms. The van der Waals surface area contributed by atoms with Gasteiger partial charge in [0, 0.05) is 28.9 Å². The normalized spacial score (nSPS) is 17.1. The first-order valence-electron chi connectivity index (χ1n) is 6.33. The Hall–Kier alpha value is -1.11. The first-order valence-corrected chi connectivity index (χ1v) is 8.06. The van der Waals surface area contributed by atoms with E-state index < -0.39 is 28.3 Å². The smallest absolute Gasteiger partial charge is 0.329 e. The molecule has 19 heavy (non-hydrogen) atoms. The largest absolute Gasteiger partial charge is 0.480 e. The van der Waals surface area contributed by atoms with E-state index >= 15 is 0 Å². The van der Waals surface area contributed by atoms with Crippen LogP contribution in [0.2, 0.25) is 0 Å². The molecule has 0 rings (SSSR count). The zero-order chi connectivity index (χ0) is 15.1. The maximum atomic E-state index is 11.7. The lowest BCUT2D eigenvalue weighted by Crippen LogP contribution is -2.56. The summed E-state index contributed by atoms with van der Waals surface area (Å²) in [4.78, 5) is 22.9. The number of aliphatic carboxylic acids is 1. The average molecular weight is 292 g/mol. The van der Waals surface area contributed by atoms with Gasteiger partial charge in [0.2, 0.25) is 0 Å². The van der Waals surface area contributed by atoms with Crippen LogP contribution in [0.5, 0.6) is 0 Å². The van der Waals surface area contributed by atoms with Gasteiger partial charge < -0.3 is 15.7 Å². The van der Waals surface area contributed by atoms with Crippen molar-refractivity contribution in [2.24, 2.45) is 0 Å². The van der Waals surface area contributed by atoms with E-state index in [9.17, 15) is 13.8 Å². The summed E-state index contributed by atoms with van der Waals surface area (Å²) in [6, 6.07) is -0.656. The van der Waals surface area contributed by atoms with Gasteiger partial charge in [-0.15, -0.1) is 0 Å². The fourth-order valence-corrected chi connectivity index (χ4v) is 2.33. The van der Waals surface area contributed by atoms with E-state index in [1.54, 1.807) is 13.2 Å². The summed E-state index contributed by atoms with van der Waals surface area (Å²) in [5.74, 6) is -0.543. The third-order valence-electron chi connectivity index (χ3n) is 2.83. The number of rotatable bonds is 8. The molecule has 0 aliphatic carbocycles. The molecular weight excluding hydrogens is 268 g/mol. The quantitative estimate of drug-likeness (QED) is 0.624. The highest BCUT2D eigenvalue weighted by Gasteiger charge is 2.33. The lowest BCUT2D eigenvalue weighted by molar-refractivity contribution is -0.144. The third-order valence-corrected chi connectivity index (χ3v) is 3.64. The monoisotopic (exact) mass is 292 g/mol. The second-order valence-electron chi connectivity index (χ2n) is 4.95. The fourth-order valence-electron chi connectivity index (χ4n) is 1.65. The molecule has 0 aromatic rings. The van der Waals surface area contributed by atoms with Gasteiger partial charge in [-0.3, -0.25) is 4.21 Å². The van der Waals surface area contributed by atoms with Crippen molar-refractivity contribution in [3.05, 3.63) is 0 Å². The first-order chi connectivity index (χ1) is 8.71. The molecule has 0 fully saturated rings. The molecule has 0 aromatic heterocycles. The van der Waals surface area contributed by atoms with Crippen molar-refractivity contribution in [3.8, 4) is 0 Å². The summed E-state index contributed by atoms with van der Waals surface area (Å²) in [6.07, 6.45) is 3.22. The molecule has 0 saturated carbocycles. The van der Waals surface area contributed by atoms with Crippen molar-refractivity contribution in [1.29, 1.82) is 0 Å². The van der Waals surface area contributed by atoms with Crippen molar-refractivity contribution in [3.63, 3.8) is 0 Å². The molecule has 0 bridgehead atoms. The zero-order valence-corrected chi connectivity index (χ0v) is 12.8. The van der Waals surface area contributed by atoms with Crippen LogP contribution in [-0.2, 0) is 15.6 Å². The van der Waals surface area contributed by atoms with E-state index in [-0.39, 0.29) is 6.04 Å². The van der Waals surface area contributed by atoms with E-state index in [1.807, 2.05) is 6.92 Å². The van der Waals surface area contributed by atoms with Crippen LogP contribution in [-0.4, -0.2) is 44.9 Å². The lowest BCUT2D eigenvalue weighted by Gasteiger charge is -2.26. The number of nitrogens with one attached hydrogen (secondary N) is 2. The van der Waals surface area contributed by atoms with Gasteiger partial charge in [0.1, 0.15) is 5.54 Å². The van der Waals surface area contributed by atoms with E-state index in [0.29, 0.717) is 25.0 Å². The summed E-state index contributed by atoms with van der Waals surface area (Å²) in [5.41, 5.74) is -1.26. The number of carbonyl (C=O) groups excluding carboxylic acids is 1. The van der Waals surface area contributed by atoms with Gasteiger partial charge in [0.05, 0.1) is 0 Å². The Bertz CT molecular complexity index is 349. The van der Waals surface area contributed by atoms with E-state index in [2.05, 4.69) is 10.6 Å². The van der Waals surface area contributed by atoms with Crippen LogP contribution in [0.25, 0.3) is 0 Å². The van der Waals surface area contributed by atoms with E-state index in [4.69, 9.17) is 5.11 Å². The molecule has 7 heteroatoms. The molecule has 3 atom stereocenters. The van der Waals surface area contributed by atoms with E-state index in [0.717, 1.165) is 0 Å². The zero-order valence-electron chi connectivity index (χ0n) is 12.0. The molecule has 0 heterocycles. The van der Waals surface area contributed by atoms with Gasteiger partial charge in [-0.2, -0.15) is 0 Å². The topological polar surface area (TPSA) is 95.5 Å². The Morgan fingerprint density at radius 3 is 2.42 bits per heavy atom. The Kier molecular flexibility index (Phi) is 7.66. The summed E-state index contributed by atoms with van der Waals surface area (Å²) >= 11 is 0. The van der Waals surface area contributed by atoms with Crippen molar-refractivity contribution in [2.75, 3.05) is 12.0 Å². The second-order valence-corrected chi connectivity index (χ2v) is 6.51. The van der Waals surface area contributed by atoms with E-state index in [1.165, 1.54) is 6.92 Å². The predicted octanol–water partition coefficient (Wildman–Crippen LogP) is 1.09. The number of amides is 2. The van der Waals surface area contributed by atoms with Crippen LogP contribution in [0.3, 0.4) is 0 Å². The highest BCUT2D eigenvalue weighted by molar-refractivity contribution is 7.84. The molecule has 6 nitrogen and oxygen atoms in total. The molecule has 3 unspecified atom stereocenters. The minimum absolute atomic E-state index is 0.149. The number of carbonyl (C=O) groups is 2. The predicted molar refractivity (Wildman–Crippen MR) is 75.6 cm³/mol. The molecule has 0 radical (unpaired) electrons. The Balaban J connectivity index is 4.34. The van der Waals surface area contributed by atoms with Crippen LogP contribution < -0.4 is 10.6 Å². The molecule has 112 valence electrons. The first kappa shape index (κ1) is 17.9. The van der Waals surface area contributed by atoms with Gasteiger partial charge in [0.15, 0.2) is 0 Å². The van der Waals surface area contributed by atoms with Gasteiger partial charge in [-0.1, -0.05) is 13.3 Å². The van der Waals surface area contributed by atoms with Gasteiger partial charge >= 0.3 is 12.0 Å². The highest BCUT2D eigenvalue weighted by Crippen LogP contribution is 2.12. The summed E-state index contributed by atoms with van der Waals surface area (Å²) in [7, 11) is -0.896. The van der Waals surface area contributed by atoms with Gasteiger partial charge in [-0.05, 0) is 26.7 Å². The second kappa shape index (κ2) is 8.14.